The first-order valence-electron chi connectivity index (χ1n) is 22.4. The Morgan fingerprint density at radius 2 is 1.32 bits per heavy atom. The zero-order valence-electron chi connectivity index (χ0n) is 37.7. The van der Waals surface area contributed by atoms with Crippen LogP contribution in [0.25, 0.3) is 0 Å². The number of piperazine rings is 2. The van der Waals surface area contributed by atoms with E-state index in [1.54, 1.807) is 17.0 Å². The van der Waals surface area contributed by atoms with E-state index in [9.17, 15) is 14.4 Å². The van der Waals surface area contributed by atoms with Crippen molar-refractivity contribution >= 4 is 75.0 Å². The molecule has 2 amide bonds. The lowest BCUT2D eigenvalue weighted by Gasteiger charge is -2.41. The number of amides is 2. The molecule has 2 unspecified atom stereocenters. The lowest BCUT2D eigenvalue weighted by Crippen LogP contribution is -2.52. The fourth-order valence-electron chi connectivity index (χ4n) is 7.88. The third kappa shape index (κ3) is 16.4. The second-order valence-corrected chi connectivity index (χ2v) is 17.7. The van der Waals surface area contributed by atoms with E-state index in [-0.39, 0.29) is 43.4 Å². The standard InChI is InChI=1S/C30H33ClN2O4.C18H19ClN2O3.C3H4Cl2O2/c31-25-11-9-24(10-12-25)28-21-32(20-23-6-2-1-3-7-23)22-29(34)33(28)26-13-15-27(16-14-26)35-18-19-37-30-8-4-5-17-36-30;19-14-3-1-13(2-4-14)17-11-20-12-18(23)21(17)15-5-7-16(8-6-15)24-10-9-22;1-2(4)7-3(5)6/h1-3,6-7,9-16,28,30H,4-5,8,17-22H2;1-8,17,20,22H,9-12H2;2H,1H3/t28-,30?;17-;/m00./s1. The summed E-state index contributed by atoms with van der Waals surface area (Å²) in [6.45, 7) is 6.21. The third-order valence-electron chi connectivity index (χ3n) is 11.0. The highest BCUT2D eigenvalue weighted by atomic mass is 35.5. The van der Waals surface area contributed by atoms with Gasteiger partial charge in [0.1, 0.15) is 24.7 Å². The lowest BCUT2D eigenvalue weighted by molar-refractivity contribution is -0.165. The molecular weight excluding hydrogens is 954 g/mol. The number of rotatable bonds is 15. The topological polar surface area (TPSA) is 139 Å². The van der Waals surface area contributed by atoms with Crippen LogP contribution in [-0.4, -0.2) is 98.3 Å². The van der Waals surface area contributed by atoms with Gasteiger partial charge in [0.15, 0.2) is 11.9 Å². The lowest BCUT2D eigenvalue weighted by atomic mass is 10.0. The van der Waals surface area contributed by atoms with Gasteiger partial charge in [-0.3, -0.25) is 14.5 Å². The van der Waals surface area contributed by atoms with Crippen LogP contribution in [0.5, 0.6) is 11.5 Å². The van der Waals surface area contributed by atoms with Gasteiger partial charge in [-0.15, -0.1) is 0 Å². The maximum absolute atomic E-state index is 13.5. The van der Waals surface area contributed by atoms with Crippen LogP contribution in [0.2, 0.25) is 10.0 Å². The second kappa shape index (κ2) is 27.3. The summed E-state index contributed by atoms with van der Waals surface area (Å²) in [5.41, 5.74) is 3.44. The van der Waals surface area contributed by atoms with E-state index in [4.69, 9.17) is 70.5 Å². The van der Waals surface area contributed by atoms with E-state index in [0.717, 1.165) is 67.2 Å². The van der Waals surface area contributed by atoms with E-state index >= 15 is 0 Å². The molecule has 0 saturated carbocycles. The Labute approximate surface area is 417 Å². The summed E-state index contributed by atoms with van der Waals surface area (Å²) < 4.78 is 26.7. The SMILES string of the molecule is CC(Cl)OC(=O)Cl.O=C1CN(Cc2ccccc2)C[C@@H](c2ccc(Cl)cc2)N1c1ccc(OCCOC2CCCCO2)cc1.O=C1CNC[C@@H](c2ccc(Cl)cc2)N1c1ccc(OCCO)cc1. The van der Waals surface area contributed by atoms with Crippen LogP contribution in [0, 0.1) is 0 Å². The smallest absolute Gasteiger partial charge is 0.405 e. The number of halogens is 4. The second-order valence-electron chi connectivity index (χ2n) is 15.9. The first-order valence-corrected chi connectivity index (χ1v) is 24.0. The van der Waals surface area contributed by atoms with E-state index in [0.29, 0.717) is 48.6 Å². The third-order valence-corrected chi connectivity index (χ3v) is 11.6. The summed E-state index contributed by atoms with van der Waals surface area (Å²) in [4.78, 5) is 41.6. The Morgan fingerprint density at radius 1 is 0.750 bits per heavy atom. The number of ether oxygens (including phenoxy) is 5. The van der Waals surface area contributed by atoms with Gasteiger partial charge in [-0.2, -0.15) is 0 Å². The first kappa shape index (κ1) is 52.4. The van der Waals surface area contributed by atoms with Gasteiger partial charge < -0.3 is 43.9 Å². The molecule has 0 bridgehead atoms. The average molecular weight is 1010 g/mol. The highest BCUT2D eigenvalue weighted by Gasteiger charge is 2.35. The van der Waals surface area contributed by atoms with Crippen LogP contribution < -0.4 is 24.6 Å². The fourth-order valence-corrected chi connectivity index (χ4v) is 8.39. The molecule has 68 heavy (non-hydrogen) atoms. The minimum atomic E-state index is -0.873. The van der Waals surface area contributed by atoms with Crippen molar-refractivity contribution in [3.05, 3.63) is 154 Å². The number of hydrogen-bond donors (Lipinski definition) is 2. The summed E-state index contributed by atoms with van der Waals surface area (Å²) in [7, 11) is 0. The molecule has 4 atom stereocenters. The number of carbonyl (C=O) groups excluding carboxylic acids is 3. The Bertz CT molecular complexity index is 2310. The zero-order chi connectivity index (χ0) is 48.3. The Balaban J connectivity index is 0.000000210. The highest BCUT2D eigenvalue weighted by molar-refractivity contribution is 6.61. The highest BCUT2D eigenvalue weighted by Crippen LogP contribution is 2.34. The van der Waals surface area contributed by atoms with Crippen LogP contribution in [-0.2, 0) is 30.3 Å². The van der Waals surface area contributed by atoms with Crippen molar-refractivity contribution in [1.82, 2.24) is 10.2 Å². The molecule has 8 rings (SSSR count). The number of carbonyl (C=O) groups is 3. The van der Waals surface area contributed by atoms with E-state index < -0.39 is 11.0 Å². The largest absolute Gasteiger partial charge is 0.491 e. The minimum absolute atomic E-state index is 0.0187. The number of alkyl halides is 1. The van der Waals surface area contributed by atoms with Crippen LogP contribution >= 0.6 is 46.4 Å². The monoisotopic (exact) mass is 1010 g/mol. The predicted molar refractivity (Wildman–Crippen MR) is 266 cm³/mol. The van der Waals surface area contributed by atoms with Crippen LogP contribution in [0.3, 0.4) is 0 Å². The van der Waals surface area contributed by atoms with Crippen molar-refractivity contribution < 1.29 is 43.2 Å². The quantitative estimate of drug-likeness (QED) is 0.0589. The van der Waals surface area contributed by atoms with Gasteiger partial charge >= 0.3 is 5.43 Å². The molecule has 5 aromatic carbocycles. The molecule has 0 aromatic heterocycles. The number of anilines is 2. The van der Waals surface area contributed by atoms with Gasteiger partial charge in [0.25, 0.3) is 0 Å². The molecule has 3 saturated heterocycles. The van der Waals surface area contributed by atoms with E-state index in [1.165, 1.54) is 12.5 Å². The fraction of sp³-hybridized carbons (Fsp3) is 0.353. The normalized spacial score (nSPS) is 18.9. The average Bonchev–Trinajstić information content (AvgIpc) is 3.34. The number of hydrogen-bond acceptors (Lipinski definition) is 11. The summed E-state index contributed by atoms with van der Waals surface area (Å²) in [6.07, 6.45) is 3.07. The van der Waals surface area contributed by atoms with Crippen LogP contribution in [0.1, 0.15) is 55.0 Å². The number of aliphatic hydroxyl groups is 1. The molecule has 3 fully saturated rings. The molecule has 3 heterocycles. The number of benzene rings is 5. The van der Waals surface area contributed by atoms with Crippen molar-refractivity contribution in [3.63, 3.8) is 0 Å². The molecule has 0 radical (unpaired) electrons. The molecule has 2 N–H and O–H groups in total. The molecule has 0 aliphatic carbocycles. The Hall–Kier alpha value is -4.93. The zero-order valence-corrected chi connectivity index (χ0v) is 40.7. The molecule has 3 aliphatic heterocycles. The van der Waals surface area contributed by atoms with Gasteiger partial charge in [0, 0.05) is 59.3 Å². The van der Waals surface area contributed by atoms with Gasteiger partial charge in [0.05, 0.1) is 38.4 Å². The number of nitrogens with one attached hydrogen (secondary N) is 1. The van der Waals surface area contributed by atoms with Gasteiger partial charge in [-0.05, 0) is 116 Å². The van der Waals surface area contributed by atoms with E-state index in [1.807, 2.05) is 108 Å². The molecule has 362 valence electrons. The maximum Gasteiger partial charge on any atom is 0.405 e. The molecule has 17 heteroatoms. The maximum atomic E-state index is 13.5. The summed E-state index contributed by atoms with van der Waals surface area (Å²) in [5, 5.41) is 13.3. The first-order chi connectivity index (χ1) is 33.0. The minimum Gasteiger partial charge on any atom is -0.491 e. The van der Waals surface area contributed by atoms with Gasteiger partial charge in [0.2, 0.25) is 11.8 Å². The van der Waals surface area contributed by atoms with Crippen LogP contribution in [0.4, 0.5) is 16.2 Å². The summed E-state index contributed by atoms with van der Waals surface area (Å²) in [6, 6.07) is 40.4. The number of nitrogens with zero attached hydrogens (tertiary/aromatic N) is 3. The summed E-state index contributed by atoms with van der Waals surface area (Å²) in [5.74, 6) is 1.50. The molecular formula is C51H56Cl4N4O9. The number of aliphatic hydroxyl groups excluding tert-OH is 1. The van der Waals surface area contributed by atoms with Crippen molar-refractivity contribution in [1.29, 1.82) is 0 Å². The molecule has 3 aliphatic rings. The van der Waals surface area contributed by atoms with Gasteiger partial charge in [-0.1, -0.05) is 89.4 Å². The van der Waals surface area contributed by atoms with Gasteiger partial charge in [-0.25, -0.2) is 4.79 Å². The Kier molecular flexibility index (Phi) is 21.1. The molecule has 5 aromatic rings. The Morgan fingerprint density at radius 3 is 1.85 bits per heavy atom. The summed E-state index contributed by atoms with van der Waals surface area (Å²) >= 11 is 22.0. The van der Waals surface area contributed by atoms with Crippen molar-refractivity contribution in [2.45, 2.75) is 56.7 Å². The molecule has 0 spiro atoms. The van der Waals surface area contributed by atoms with Crippen molar-refractivity contribution in [2.24, 2.45) is 0 Å². The van der Waals surface area contributed by atoms with Crippen molar-refractivity contribution in [2.75, 3.05) is 69.0 Å². The molecule has 13 nitrogen and oxygen atoms in total. The van der Waals surface area contributed by atoms with E-state index in [2.05, 4.69) is 27.1 Å². The predicted octanol–water partition coefficient (Wildman–Crippen LogP) is 10.2. The van der Waals surface area contributed by atoms with Crippen molar-refractivity contribution in [3.8, 4) is 11.5 Å². The van der Waals surface area contributed by atoms with Crippen LogP contribution in [0.15, 0.2) is 127 Å².